The highest BCUT2D eigenvalue weighted by Crippen LogP contribution is 2.24. The standard InChI is InChI=1S/C25H29N7O.C2HF3O2/c1-4-22-29-25(31-30-22)18(2)28-23-14-24(27-17-26-23)32(3)15-20-12-8-9-13-21(20)33-16-19-10-6-5-7-11-19;3-2(4,5)1(6)7/h5-14,17-18H,4,15-16H2,1-3H3,(H,26,27,28)(H,29,30,31);(H,6,7). The van der Waals surface area contributed by atoms with E-state index < -0.39 is 12.1 Å². The van der Waals surface area contributed by atoms with Crippen LogP contribution in [0.4, 0.5) is 24.8 Å². The Hall–Kier alpha value is -4.68. The first-order valence-electron chi connectivity index (χ1n) is 12.3. The maximum absolute atomic E-state index is 10.6. The average Bonchev–Trinajstić information content (AvgIpc) is 3.43. The number of rotatable bonds is 10. The number of aliphatic carboxylic acids is 1. The number of alkyl halides is 3. The number of nitrogens with zero attached hydrogens (tertiary/aromatic N) is 5. The van der Waals surface area contributed by atoms with Crippen molar-refractivity contribution < 1.29 is 27.8 Å². The molecule has 0 saturated carbocycles. The third-order valence-electron chi connectivity index (χ3n) is 5.54. The van der Waals surface area contributed by atoms with Crippen LogP contribution in [0.5, 0.6) is 5.75 Å². The molecule has 4 rings (SSSR count). The zero-order valence-corrected chi connectivity index (χ0v) is 22.2. The summed E-state index contributed by atoms with van der Waals surface area (Å²) in [6, 6.07) is 20.1. The lowest BCUT2D eigenvalue weighted by atomic mass is 10.2. The van der Waals surface area contributed by atoms with Gasteiger partial charge < -0.3 is 20.1 Å². The number of nitrogens with one attached hydrogen (secondary N) is 2. The van der Waals surface area contributed by atoms with Crippen molar-refractivity contribution in [3.8, 4) is 5.75 Å². The first-order chi connectivity index (χ1) is 19.1. The molecule has 1 unspecified atom stereocenters. The van der Waals surface area contributed by atoms with Gasteiger partial charge in [0.2, 0.25) is 0 Å². The number of halogens is 3. The smallest absolute Gasteiger partial charge is 0.489 e. The molecule has 40 heavy (non-hydrogen) atoms. The van der Waals surface area contributed by atoms with Crippen molar-refractivity contribution in [2.45, 2.75) is 45.6 Å². The van der Waals surface area contributed by atoms with Crippen LogP contribution in [0.25, 0.3) is 0 Å². The molecule has 0 aliphatic rings. The maximum atomic E-state index is 10.6. The van der Waals surface area contributed by atoms with Crippen LogP contribution < -0.4 is 15.0 Å². The Balaban J connectivity index is 0.000000559. The lowest BCUT2D eigenvalue weighted by molar-refractivity contribution is -0.192. The van der Waals surface area contributed by atoms with Crippen molar-refractivity contribution in [1.82, 2.24) is 25.1 Å². The van der Waals surface area contributed by atoms with Crippen LogP contribution in [0, 0.1) is 0 Å². The van der Waals surface area contributed by atoms with E-state index in [9.17, 15) is 13.2 Å². The van der Waals surface area contributed by atoms with Gasteiger partial charge in [0.25, 0.3) is 0 Å². The molecule has 2 aromatic carbocycles. The van der Waals surface area contributed by atoms with Crippen molar-refractivity contribution in [3.63, 3.8) is 0 Å². The minimum absolute atomic E-state index is 0.0817. The van der Waals surface area contributed by atoms with E-state index in [2.05, 4.69) is 53.6 Å². The van der Waals surface area contributed by atoms with Crippen molar-refractivity contribution in [2.24, 2.45) is 0 Å². The Kier molecular flexibility index (Phi) is 10.4. The zero-order valence-electron chi connectivity index (χ0n) is 22.2. The molecule has 0 aliphatic carbocycles. The Morgan fingerprint density at radius 1 is 1.12 bits per heavy atom. The largest absolute Gasteiger partial charge is 0.490 e. The van der Waals surface area contributed by atoms with Gasteiger partial charge in [0, 0.05) is 31.6 Å². The molecule has 0 bridgehead atoms. The van der Waals surface area contributed by atoms with Crippen LogP contribution in [-0.2, 0) is 24.4 Å². The van der Waals surface area contributed by atoms with E-state index in [1.165, 1.54) is 0 Å². The number of ether oxygens (including phenoxy) is 1. The van der Waals surface area contributed by atoms with Crippen molar-refractivity contribution in [2.75, 3.05) is 17.3 Å². The summed E-state index contributed by atoms with van der Waals surface area (Å²) < 4.78 is 37.8. The number of para-hydroxylation sites is 1. The molecule has 13 heteroatoms. The molecule has 0 fully saturated rings. The highest BCUT2D eigenvalue weighted by molar-refractivity contribution is 5.73. The lowest BCUT2D eigenvalue weighted by Gasteiger charge is -2.21. The molecule has 4 aromatic rings. The number of aromatic amines is 1. The van der Waals surface area contributed by atoms with Crippen LogP contribution in [-0.4, -0.2) is 49.4 Å². The number of benzene rings is 2. The molecule has 3 N–H and O–H groups in total. The number of carboxylic acids is 1. The third kappa shape index (κ3) is 8.96. The summed E-state index contributed by atoms with van der Waals surface area (Å²) in [6.45, 7) is 5.23. The molecule has 212 valence electrons. The molecule has 0 amide bonds. The number of anilines is 2. The molecular weight excluding hydrogens is 527 g/mol. The Morgan fingerprint density at radius 3 is 2.45 bits per heavy atom. The number of carboxylic acid groups (broad SMARTS) is 1. The molecule has 2 aromatic heterocycles. The van der Waals surface area contributed by atoms with Gasteiger partial charge >= 0.3 is 12.1 Å². The monoisotopic (exact) mass is 557 g/mol. The Morgan fingerprint density at radius 2 is 1.80 bits per heavy atom. The molecule has 0 spiro atoms. The summed E-state index contributed by atoms with van der Waals surface area (Å²) in [5.41, 5.74) is 2.23. The van der Waals surface area contributed by atoms with E-state index in [0.29, 0.717) is 19.0 Å². The van der Waals surface area contributed by atoms with Crippen molar-refractivity contribution >= 4 is 17.6 Å². The summed E-state index contributed by atoms with van der Waals surface area (Å²) in [4.78, 5) is 24.3. The van der Waals surface area contributed by atoms with Crippen LogP contribution in [0.15, 0.2) is 67.0 Å². The summed E-state index contributed by atoms with van der Waals surface area (Å²) in [7, 11) is 2.01. The molecule has 0 saturated heterocycles. The van der Waals surface area contributed by atoms with Gasteiger partial charge in [-0.3, -0.25) is 5.10 Å². The normalized spacial score (nSPS) is 11.7. The van der Waals surface area contributed by atoms with Gasteiger partial charge in [-0.25, -0.2) is 19.7 Å². The van der Waals surface area contributed by atoms with E-state index in [0.717, 1.165) is 40.8 Å². The van der Waals surface area contributed by atoms with Gasteiger partial charge in [0.1, 0.15) is 36.1 Å². The second kappa shape index (κ2) is 13.9. The fourth-order valence-corrected chi connectivity index (χ4v) is 3.43. The number of aryl methyl sites for hydroxylation is 1. The number of H-pyrrole nitrogens is 1. The van der Waals surface area contributed by atoms with E-state index >= 15 is 0 Å². The van der Waals surface area contributed by atoms with Gasteiger partial charge in [0.05, 0.1) is 6.04 Å². The van der Waals surface area contributed by atoms with E-state index in [4.69, 9.17) is 14.6 Å². The number of carbonyl (C=O) groups is 1. The van der Waals surface area contributed by atoms with Gasteiger partial charge in [-0.2, -0.15) is 18.3 Å². The van der Waals surface area contributed by atoms with Crippen LogP contribution in [0.3, 0.4) is 0 Å². The van der Waals surface area contributed by atoms with Crippen LogP contribution >= 0.6 is 0 Å². The highest BCUT2D eigenvalue weighted by Gasteiger charge is 2.38. The summed E-state index contributed by atoms with van der Waals surface area (Å²) in [5.74, 6) is 1.22. The molecule has 1 atom stereocenters. The fraction of sp³-hybridized carbons (Fsp3) is 0.296. The van der Waals surface area contributed by atoms with Gasteiger partial charge in [-0.05, 0) is 18.6 Å². The van der Waals surface area contributed by atoms with Gasteiger partial charge in [0.15, 0.2) is 5.82 Å². The molecule has 0 radical (unpaired) electrons. The van der Waals surface area contributed by atoms with Crippen molar-refractivity contribution in [1.29, 1.82) is 0 Å². The number of aromatic nitrogens is 5. The Labute approximate surface area is 229 Å². The van der Waals surface area contributed by atoms with Crippen LogP contribution in [0.1, 0.15) is 42.7 Å². The molecule has 2 heterocycles. The topological polar surface area (TPSA) is 129 Å². The van der Waals surface area contributed by atoms with E-state index in [1.807, 2.05) is 63.4 Å². The maximum Gasteiger partial charge on any atom is 0.490 e. The fourth-order valence-electron chi connectivity index (χ4n) is 3.43. The number of hydrogen-bond donors (Lipinski definition) is 3. The average molecular weight is 558 g/mol. The predicted octanol–water partition coefficient (Wildman–Crippen LogP) is 5.18. The summed E-state index contributed by atoms with van der Waals surface area (Å²) in [5, 5.41) is 17.7. The SMILES string of the molecule is CCc1nc(C(C)Nc2cc(N(C)Cc3ccccc3OCc3ccccc3)ncn2)n[nH]1.O=C(O)C(F)(F)F. The minimum atomic E-state index is -5.08. The van der Waals surface area contributed by atoms with E-state index in [1.54, 1.807) is 6.33 Å². The minimum Gasteiger partial charge on any atom is -0.489 e. The second-order valence-corrected chi connectivity index (χ2v) is 8.66. The highest BCUT2D eigenvalue weighted by atomic mass is 19.4. The molecule has 10 nitrogen and oxygen atoms in total. The van der Waals surface area contributed by atoms with Gasteiger partial charge in [-0.15, -0.1) is 0 Å². The quantitative estimate of drug-likeness (QED) is 0.242. The first kappa shape index (κ1) is 29.9. The van der Waals surface area contributed by atoms with E-state index in [-0.39, 0.29) is 6.04 Å². The molecule has 0 aliphatic heterocycles. The Bertz CT molecular complexity index is 1370. The third-order valence-corrected chi connectivity index (χ3v) is 5.54. The molecular formula is C27H30F3N7O3. The predicted molar refractivity (Wildman–Crippen MR) is 143 cm³/mol. The second-order valence-electron chi connectivity index (χ2n) is 8.66. The zero-order chi connectivity index (χ0) is 29.1. The van der Waals surface area contributed by atoms with Crippen molar-refractivity contribution in [3.05, 3.63) is 89.8 Å². The van der Waals surface area contributed by atoms with Crippen LogP contribution in [0.2, 0.25) is 0 Å². The number of hydrogen-bond acceptors (Lipinski definition) is 8. The summed E-state index contributed by atoms with van der Waals surface area (Å²) >= 11 is 0. The van der Waals surface area contributed by atoms with Gasteiger partial charge in [-0.1, -0.05) is 55.5 Å². The summed E-state index contributed by atoms with van der Waals surface area (Å²) in [6.07, 6.45) is -2.70. The lowest BCUT2D eigenvalue weighted by Crippen LogP contribution is -2.21. The first-order valence-corrected chi connectivity index (χ1v) is 12.3.